The minimum absolute atomic E-state index is 0.0283. The second-order valence-corrected chi connectivity index (χ2v) is 13.0. The molecule has 12 nitrogen and oxygen atoms in total. The number of ketones is 1. The lowest BCUT2D eigenvalue weighted by Crippen LogP contribution is -2.56. The molecule has 1 saturated carbocycles. The van der Waals surface area contributed by atoms with E-state index in [2.05, 4.69) is 22.9 Å². The van der Waals surface area contributed by atoms with E-state index in [9.17, 15) is 24.0 Å². The molecule has 40 heavy (non-hydrogen) atoms. The number of carbonyl (C=O) groups is 5. The Balaban J connectivity index is 1.19. The van der Waals surface area contributed by atoms with Gasteiger partial charge in [0.05, 0.1) is 39.0 Å². The van der Waals surface area contributed by atoms with Crippen LogP contribution in [0.2, 0.25) is 0 Å². The Morgan fingerprint density at radius 3 is 2.45 bits per heavy atom. The van der Waals surface area contributed by atoms with Gasteiger partial charge in [-0.15, -0.1) is 0 Å². The molecule has 0 spiro atoms. The van der Waals surface area contributed by atoms with E-state index in [-0.39, 0.29) is 71.5 Å². The molecule has 0 bridgehead atoms. The highest BCUT2D eigenvalue weighted by molar-refractivity contribution is 5.97. The van der Waals surface area contributed by atoms with Crippen molar-refractivity contribution in [1.82, 2.24) is 20.9 Å². The average molecular weight is 563 g/mol. The first-order valence-corrected chi connectivity index (χ1v) is 14.7. The molecule has 0 aromatic carbocycles. The van der Waals surface area contributed by atoms with Crippen LogP contribution < -0.4 is 16.0 Å². The van der Waals surface area contributed by atoms with Crippen molar-refractivity contribution in [3.63, 3.8) is 0 Å². The largest absolute Gasteiger partial charge is 0.379 e. The zero-order valence-corrected chi connectivity index (χ0v) is 24.1. The van der Waals surface area contributed by atoms with Crippen LogP contribution in [0.4, 0.5) is 0 Å². The number of Topliss-reactive ketones (excluding diaryl/α,β-unsaturated/α-hetero) is 1. The molecule has 4 amide bonds. The molecule has 0 aromatic rings. The van der Waals surface area contributed by atoms with E-state index in [0.29, 0.717) is 51.7 Å². The quantitative estimate of drug-likeness (QED) is 0.202. The zero-order chi connectivity index (χ0) is 28.8. The number of hydrogen-bond donors (Lipinski definition) is 3. The summed E-state index contributed by atoms with van der Waals surface area (Å²) in [5, 5.41) is 8.43. The fraction of sp³-hybridized carbons (Fsp3) is 0.821. The molecular weight excluding hydrogens is 518 g/mol. The van der Waals surface area contributed by atoms with Crippen molar-refractivity contribution in [3.8, 4) is 0 Å². The van der Waals surface area contributed by atoms with Crippen LogP contribution in [0.25, 0.3) is 0 Å². The summed E-state index contributed by atoms with van der Waals surface area (Å²) in [5.41, 5.74) is -0.843. The van der Waals surface area contributed by atoms with Crippen LogP contribution in [0, 0.1) is 17.8 Å². The normalized spacial score (nSPS) is 36.9. The summed E-state index contributed by atoms with van der Waals surface area (Å²) in [5.74, 6) is -0.520. The third-order valence-electron chi connectivity index (χ3n) is 9.54. The standard InChI is InChI=1S/C28H43N5O7/c1-16(2)9-19(26(37)28(4)15-40-28)30-24(36)14-33-21-11-18(25(21)33)17(3)10-20(27(33)38)31-22(34)12-29-23(35)13-32-5-7-39-8-6-32/h16-21,25H,5-15H2,1-4H3,(H2-,29,30,31,34,35,36)/p+1. The highest BCUT2D eigenvalue weighted by Crippen LogP contribution is 2.62. The van der Waals surface area contributed by atoms with Crippen LogP contribution in [0.5, 0.6) is 0 Å². The minimum Gasteiger partial charge on any atom is -0.379 e. The topological polar surface area (TPSA) is 146 Å². The van der Waals surface area contributed by atoms with Crippen molar-refractivity contribution in [2.45, 2.75) is 76.7 Å². The van der Waals surface area contributed by atoms with Crippen LogP contribution in [0.15, 0.2) is 0 Å². The lowest BCUT2D eigenvalue weighted by atomic mass is 9.74. The van der Waals surface area contributed by atoms with Gasteiger partial charge in [0.25, 0.3) is 5.91 Å². The first-order chi connectivity index (χ1) is 18.9. The molecule has 1 aliphatic carbocycles. The van der Waals surface area contributed by atoms with E-state index in [1.807, 2.05) is 18.7 Å². The maximum atomic E-state index is 13.9. The second-order valence-electron chi connectivity index (χ2n) is 13.0. The van der Waals surface area contributed by atoms with E-state index in [0.717, 1.165) is 6.42 Å². The number of amides is 4. The molecule has 4 heterocycles. The van der Waals surface area contributed by atoms with E-state index < -0.39 is 23.6 Å². The lowest BCUT2D eigenvalue weighted by Gasteiger charge is -2.28. The van der Waals surface area contributed by atoms with Crippen LogP contribution in [0.3, 0.4) is 0 Å². The molecule has 5 rings (SSSR count). The Bertz CT molecular complexity index is 1060. The molecule has 0 aromatic heterocycles. The van der Waals surface area contributed by atoms with Crippen LogP contribution in [-0.2, 0) is 33.4 Å². The Morgan fingerprint density at radius 1 is 1.10 bits per heavy atom. The minimum atomic E-state index is -0.843. The number of nitrogens with one attached hydrogen (secondary N) is 3. The summed E-state index contributed by atoms with van der Waals surface area (Å²) < 4.78 is 10.7. The lowest BCUT2D eigenvalue weighted by molar-refractivity contribution is -0.731. The number of rotatable bonds is 12. The Labute approximate surface area is 235 Å². The summed E-state index contributed by atoms with van der Waals surface area (Å²) >= 11 is 0. The smallest absolute Gasteiger partial charge is 0.337 e. The van der Waals surface area contributed by atoms with Gasteiger partial charge < -0.3 is 25.4 Å². The van der Waals surface area contributed by atoms with Gasteiger partial charge in [0, 0.05) is 25.4 Å². The van der Waals surface area contributed by atoms with Crippen LogP contribution >= 0.6 is 0 Å². The fourth-order valence-electron chi connectivity index (χ4n) is 7.14. The van der Waals surface area contributed by atoms with Gasteiger partial charge in [0.1, 0.15) is 11.6 Å². The van der Waals surface area contributed by atoms with Crippen molar-refractivity contribution in [3.05, 3.63) is 0 Å². The van der Waals surface area contributed by atoms with Gasteiger partial charge in [-0.1, -0.05) is 20.8 Å². The third-order valence-corrected chi connectivity index (χ3v) is 9.54. The van der Waals surface area contributed by atoms with E-state index in [1.54, 1.807) is 6.92 Å². The molecule has 5 aliphatic rings. The van der Waals surface area contributed by atoms with Crippen LogP contribution in [-0.4, -0.2) is 121 Å². The van der Waals surface area contributed by atoms with Gasteiger partial charge in [-0.2, -0.15) is 0 Å². The van der Waals surface area contributed by atoms with Gasteiger partial charge in [-0.3, -0.25) is 24.1 Å². The number of carbonyl (C=O) groups excluding carboxylic acids is 5. The van der Waals surface area contributed by atoms with Crippen molar-refractivity contribution in [2.24, 2.45) is 17.8 Å². The summed E-state index contributed by atoms with van der Waals surface area (Å²) in [4.78, 5) is 67.3. The predicted molar refractivity (Wildman–Crippen MR) is 143 cm³/mol. The number of nitrogens with zero attached hydrogens (tertiary/aromatic N) is 2. The van der Waals surface area contributed by atoms with Gasteiger partial charge in [0.15, 0.2) is 24.4 Å². The molecule has 4 saturated heterocycles. The van der Waals surface area contributed by atoms with Crippen molar-refractivity contribution in [1.29, 1.82) is 0 Å². The van der Waals surface area contributed by atoms with Crippen molar-refractivity contribution >= 4 is 29.4 Å². The molecule has 8 atom stereocenters. The van der Waals surface area contributed by atoms with Crippen molar-refractivity contribution < 1.29 is 37.9 Å². The van der Waals surface area contributed by atoms with E-state index in [1.165, 1.54) is 0 Å². The summed E-state index contributed by atoms with van der Waals surface area (Å²) in [7, 11) is 0. The first-order valence-electron chi connectivity index (χ1n) is 14.7. The Morgan fingerprint density at radius 2 is 1.80 bits per heavy atom. The highest BCUT2D eigenvalue weighted by Gasteiger charge is 2.83. The molecule has 0 radical (unpaired) electrons. The zero-order valence-electron chi connectivity index (χ0n) is 24.1. The summed E-state index contributed by atoms with van der Waals surface area (Å²) in [6.07, 6.45) is 1.90. The summed E-state index contributed by atoms with van der Waals surface area (Å²) in [6.45, 7) is 10.7. The van der Waals surface area contributed by atoms with Gasteiger partial charge in [-0.25, -0.2) is 9.28 Å². The molecule has 12 heteroatoms. The van der Waals surface area contributed by atoms with E-state index in [4.69, 9.17) is 9.47 Å². The van der Waals surface area contributed by atoms with Crippen LogP contribution in [0.1, 0.15) is 47.0 Å². The molecule has 8 unspecified atom stereocenters. The highest BCUT2D eigenvalue weighted by atomic mass is 16.6. The Kier molecular flexibility index (Phi) is 8.08. The van der Waals surface area contributed by atoms with E-state index >= 15 is 0 Å². The van der Waals surface area contributed by atoms with Gasteiger partial charge >= 0.3 is 5.91 Å². The fourth-order valence-corrected chi connectivity index (χ4v) is 7.14. The number of quaternary nitrogens is 1. The molecule has 5 fully saturated rings. The SMILES string of the molecule is CC(C)CC(NC(=O)C[N+]12C(=O)C(NC(=O)CNC(=O)CN3CCOCC3)CC(C)C3CC1C32)C(=O)C1(C)CO1. The van der Waals surface area contributed by atoms with Crippen molar-refractivity contribution in [2.75, 3.05) is 52.5 Å². The predicted octanol–water partition coefficient (Wildman–Crippen LogP) is -1.04. The number of ether oxygens (including phenoxy) is 2. The maximum absolute atomic E-state index is 13.9. The number of hydrogen-bond acceptors (Lipinski definition) is 8. The van der Waals surface area contributed by atoms with Gasteiger partial charge in [-0.05, 0) is 31.6 Å². The average Bonchev–Trinajstić information content (AvgIpc) is 3.74. The maximum Gasteiger partial charge on any atom is 0.337 e. The Hall–Kier alpha value is -2.41. The summed E-state index contributed by atoms with van der Waals surface area (Å²) in [6, 6.07) is -1.21. The third kappa shape index (κ3) is 5.68. The number of morpholine rings is 1. The van der Waals surface area contributed by atoms with Gasteiger partial charge in [0.2, 0.25) is 11.8 Å². The molecular formula is C28H44N5O7+. The number of fused-ring (bicyclic) bond motifs is 1. The molecule has 3 N–H and O–H groups in total. The number of epoxide rings is 1. The molecule has 4 aliphatic heterocycles. The molecule has 222 valence electrons. The monoisotopic (exact) mass is 562 g/mol. The first kappa shape index (κ1) is 29.1. The second kappa shape index (κ2) is 11.1.